The quantitative estimate of drug-likeness (QED) is 0.300. The Labute approximate surface area is 225 Å². The molecule has 2 saturated heterocycles. The lowest BCUT2D eigenvalue weighted by molar-refractivity contribution is 0.122. The van der Waals surface area contributed by atoms with Gasteiger partial charge in [0.05, 0.1) is 13.2 Å². The van der Waals surface area contributed by atoms with Gasteiger partial charge in [-0.3, -0.25) is 0 Å². The summed E-state index contributed by atoms with van der Waals surface area (Å²) in [6.45, 7) is 5.57. The van der Waals surface area contributed by atoms with Crippen LogP contribution in [0, 0.1) is 0 Å². The summed E-state index contributed by atoms with van der Waals surface area (Å²) in [6.07, 6.45) is 8.41. The van der Waals surface area contributed by atoms with E-state index in [2.05, 4.69) is 107 Å². The standard InChI is InChI=1S/C34H34N2O2/c1-3-9-26(10-4-1)34(27-13-15-28(16-14-27)35-19-7-2-8-20-35)18-17-31-29-11-5-6-12-30(29)32(25-33(31)38-34)36-21-23-37-24-22-36/h1,3-6,9-18,25H,2,7-8,19-24H2. The highest BCUT2D eigenvalue weighted by Crippen LogP contribution is 2.47. The van der Waals surface area contributed by atoms with E-state index in [0.717, 1.165) is 61.8 Å². The Morgan fingerprint density at radius 2 is 1.32 bits per heavy atom. The number of anilines is 2. The van der Waals surface area contributed by atoms with Crippen LogP contribution in [-0.4, -0.2) is 39.4 Å². The van der Waals surface area contributed by atoms with Gasteiger partial charge in [-0.15, -0.1) is 0 Å². The van der Waals surface area contributed by atoms with Crippen LogP contribution in [0.3, 0.4) is 0 Å². The molecule has 1 atom stereocenters. The van der Waals surface area contributed by atoms with Crippen LogP contribution in [0.25, 0.3) is 16.8 Å². The first kappa shape index (κ1) is 23.4. The molecule has 4 aromatic rings. The Bertz CT molecular complexity index is 1450. The van der Waals surface area contributed by atoms with E-state index in [0.29, 0.717) is 0 Å². The average Bonchev–Trinajstić information content (AvgIpc) is 3.02. The molecule has 2 fully saturated rings. The van der Waals surface area contributed by atoms with Gasteiger partial charge in [0.2, 0.25) is 0 Å². The SMILES string of the molecule is C1=CC(c2ccccc2)(c2ccc(N3CCCCC3)cc2)Oc2cc(N3CCOCC3)c3ccccc3c21. The third-order valence-electron chi connectivity index (χ3n) is 8.35. The van der Waals surface area contributed by atoms with Crippen LogP contribution in [0.15, 0.2) is 91.0 Å². The van der Waals surface area contributed by atoms with Crippen molar-refractivity contribution in [3.63, 3.8) is 0 Å². The molecular formula is C34H34N2O2. The lowest BCUT2D eigenvalue weighted by atomic mass is 9.83. The summed E-state index contributed by atoms with van der Waals surface area (Å²) in [6, 6.07) is 30.7. The maximum Gasteiger partial charge on any atom is 0.178 e. The fraction of sp³-hybridized carbons (Fsp3) is 0.294. The van der Waals surface area contributed by atoms with Crippen LogP contribution < -0.4 is 14.5 Å². The molecule has 0 radical (unpaired) electrons. The summed E-state index contributed by atoms with van der Waals surface area (Å²) >= 11 is 0. The Morgan fingerprint density at radius 1 is 0.632 bits per heavy atom. The molecule has 3 heterocycles. The third-order valence-corrected chi connectivity index (χ3v) is 8.35. The van der Waals surface area contributed by atoms with Gasteiger partial charge in [-0.2, -0.15) is 0 Å². The number of ether oxygens (including phenoxy) is 2. The third kappa shape index (κ3) is 4.04. The summed E-state index contributed by atoms with van der Waals surface area (Å²) in [4.78, 5) is 4.95. The predicted octanol–water partition coefficient (Wildman–Crippen LogP) is 7.02. The fourth-order valence-corrected chi connectivity index (χ4v) is 6.32. The van der Waals surface area contributed by atoms with Crippen molar-refractivity contribution in [2.75, 3.05) is 49.2 Å². The Balaban J connectivity index is 1.35. The van der Waals surface area contributed by atoms with Crippen LogP contribution in [0.4, 0.5) is 11.4 Å². The summed E-state index contributed by atoms with van der Waals surface area (Å²) < 4.78 is 12.8. The maximum absolute atomic E-state index is 7.16. The Hall–Kier alpha value is -3.76. The fourth-order valence-electron chi connectivity index (χ4n) is 6.32. The predicted molar refractivity (Wildman–Crippen MR) is 156 cm³/mol. The van der Waals surface area contributed by atoms with Gasteiger partial charge in [0.25, 0.3) is 0 Å². The smallest absolute Gasteiger partial charge is 0.178 e. The second kappa shape index (κ2) is 9.85. The van der Waals surface area contributed by atoms with Crippen LogP contribution in [0.5, 0.6) is 5.75 Å². The molecule has 0 N–H and O–H groups in total. The van der Waals surface area contributed by atoms with Gasteiger partial charge in [0.1, 0.15) is 5.75 Å². The van der Waals surface area contributed by atoms with E-state index in [9.17, 15) is 0 Å². The van der Waals surface area contributed by atoms with Crippen molar-refractivity contribution < 1.29 is 9.47 Å². The molecular weight excluding hydrogens is 468 g/mol. The van der Waals surface area contributed by atoms with Gasteiger partial charge >= 0.3 is 0 Å². The maximum atomic E-state index is 7.16. The molecule has 38 heavy (non-hydrogen) atoms. The lowest BCUT2D eigenvalue weighted by Crippen LogP contribution is -2.37. The monoisotopic (exact) mass is 502 g/mol. The molecule has 4 heteroatoms. The second-order valence-electron chi connectivity index (χ2n) is 10.6. The normalized spacial score (nSPS) is 21.3. The number of piperidine rings is 1. The molecule has 0 saturated carbocycles. The molecule has 4 aromatic carbocycles. The molecule has 4 nitrogen and oxygen atoms in total. The Morgan fingerprint density at radius 3 is 2.08 bits per heavy atom. The van der Waals surface area contributed by atoms with E-state index in [-0.39, 0.29) is 0 Å². The van der Waals surface area contributed by atoms with Crippen molar-refractivity contribution in [1.29, 1.82) is 0 Å². The number of hydrogen-bond acceptors (Lipinski definition) is 4. The molecule has 1 unspecified atom stereocenters. The van der Waals surface area contributed by atoms with Gasteiger partial charge in [-0.1, -0.05) is 66.7 Å². The molecule has 0 spiro atoms. The van der Waals surface area contributed by atoms with E-state index < -0.39 is 5.60 Å². The highest BCUT2D eigenvalue weighted by atomic mass is 16.5. The average molecular weight is 503 g/mol. The number of fused-ring (bicyclic) bond motifs is 3. The summed E-state index contributed by atoms with van der Waals surface area (Å²) in [5.41, 5.74) is 5.26. The molecule has 3 aliphatic heterocycles. The minimum absolute atomic E-state index is 0.695. The summed E-state index contributed by atoms with van der Waals surface area (Å²) in [5.74, 6) is 0.927. The van der Waals surface area contributed by atoms with E-state index in [1.54, 1.807) is 0 Å². The van der Waals surface area contributed by atoms with Crippen LogP contribution in [0.1, 0.15) is 36.0 Å². The zero-order valence-electron chi connectivity index (χ0n) is 21.8. The molecule has 7 rings (SSSR count). The summed E-state index contributed by atoms with van der Waals surface area (Å²) in [7, 11) is 0. The molecule has 0 aromatic heterocycles. The zero-order valence-corrected chi connectivity index (χ0v) is 21.8. The van der Waals surface area contributed by atoms with E-state index in [1.165, 1.54) is 41.4 Å². The van der Waals surface area contributed by atoms with Crippen LogP contribution in [-0.2, 0) is 10.3 Å². The minimum Gasteiger partial charge on any atom is -0.473 e. The molecule has 0 bridgehead atoms. The van der Waals surface area contributed by atoms with E-state index in [4.69, 9.17) is 9.47 Å². The number of benzene rings is 4. The largest absolute Gasteiger partial charge is 0.473 e. The zero-order chi connectivity index (χ0) is 25.4. The molecule has 0 aliphatic carbocycles. The van der Waals surface area contributed by atoms with Gasteiger partial charge in [0.15, 0.2) is 5.60 Å². The van der Waals surface area contributed by atoms with Crippen molar-refractivity contribution in [1.82, 2.24) is 0 Å². The second-order valence-corrected chi connectivity index (χ2v) is 10.6. The first-order valence-corrected chi connectivity index (χ1v) is 14.0. The van der Waals surface area contributed by atoms with Crippen molar-refractivity contribution >= 4 is 28.2 Å². The van der Waals surface area contributed by atoms with E-state index in [1.807, 2.05) is 0 Å². The van der Waals surface area contributed by atoms with Crippen molar-refractivity contribution in [3.8, 4) is 5.75 Å². The van der Waals surface area contributed by atoms with Gasteiger partial charge < -0.3 is 19.3 Å². The van der Waals surface area contributed by atoms with Crippen LogP contribution >= 0.6 is 0 Å². The van der Waals surface area contributed by atoms with Gasteiger partial charge in [-0.25, -0.2) is 0 Å². The topological polar surface area (TPSA) is 24.9 Å². The van der Waals surface area contributed by atoms with Crippen molar-refractivity contribution in [3.05, 3.63) is 108 Å². The number of hydrogen-bond donors (Lipinski definition) is 0. The van der Waals surface area contributed by atoms with Crippen molar-refractivity contribution in [2.24, 2.45) is 0 Å². The number of morpholine rings is 1. The van der Waals surface area contributed by atoms with Crippen molar-refractivity contribution in [2.45, 2.75) is 24.9 Å². The van der Waals surface area contributed by atoms with Gasteiger partial charge in [-0.05, 0) is 48.9 Å². The minimum atomic E-state index is -0.695. The van der Waals surface area contributed by atoms with Crippen LogP contribution in [0.2, 0.25) is 0 Å². The number of rotatable bonds is 4. The first-order chi connectivity index (χ1) is 18.8. The molecule has 192 valence electrons. The Kier molecular flexibility index (Phi) is 6.05. The first-order valence-electron chi connectivity index (χ1n) is 14.0. The summed E-state index contributed by atoms with van der Waals surface area (Å²) in [5, 5.41) is 2.49. The molecule has 0 amide bonds. The van der Waals surface area contributed by atoms with E-state index >= 15 is 0 Å². The highest BCUT2D eigenvalue weighted by molar-refractivity contribution is 6.02. The highest BCUT2D eigenvalue weighted by Gasteiger charge is 2.38. The number of nitrogens with zero attached hydrogens (tertiary/aromatic N) is 2. The lowest BCUT2D eigenvalue weighted by Gasteiger charge is -2.38. The van der Waals surface area contributed by atoms with Gasteiger partial charge in [0, 0.05) is 65.7 Å². The molecule has 3 aliphatic rings.